The summed E-state index contributed by atoms with van der Waals surface area (Å²) in [7, 11) is 0. The minimum absolute atomic E-state index is 0.209. The Morgan fingerprint density at radius 3 is 2.90 bits per heavy atom. The Kier molecular flexibility index (Phi) is 4.60. The van der Waals surface area contributed by atoms with Crippen LogP contribution in [-0.2, 0) is 4.74 Å². The van der Waals surface area contributed by atoms with Gasteiger partial charge in [-0.1, -0.05) is 13.8 Å². The van der Waals surface area contributed by atoms with E-state index in [-0.39, 0.29) is 17.7 Å². The Morgan fingerprint density at radius 2 is 2.25 bits per heavy atom. The van der Waals surface area contributed by atoms with Crippen LogP contribution in [0.25, 0.3) is 0 Å². The summed E-state index contributed by atoms with van der Waals surface area (Å²) < 4.78 is 19.0. The third-order valence-electron chi connectivity index (χ3n) is 3.63. The standard InChI is InChI=1S/C15H20FNO3/c1-9(2)14-8-11(5-6-20-14)17-10-3-4-13(16)12(7-10)15(18)19/h3-4,7,9,11,14,17H,5-6,8H2,1-2H3,(H,18,19). The number of rotatable bonds is 4. The van der Waals surface area contributed by atoms with E-state index in [9.17, 15) is 9.18 Å². The lowest BCUT2D eigenvalue weighted by atomic mass is 9.95. The summed E-state index contributed by atoms with van der Waals surface area (Å²) in [5.41, 5.74) is 0.334. The number of hydrogen-bond acceptors (Lipinski definition) is 3. The van der Waals surface area contributed by atoms with Crippen molar-refractivity contribution in [1.29, 1.82) is 0 Å². The number of benzene rings is 1. The molecule has 1 aromatic carbocycles. The van der Waals surface area contributed by atoms with Gasteiger partial charge in [0, 0.05) is 18.3 Å². The summed E-state index contributed by atoms with van der Waals surface area (Å²) in [6.45, 7) is 4.93. The molecule has 2 atom stereocenters. The van der Waals surface area contributed by atoms with Crippen molar-refractivity contribution in [3.05, 3.63) is 29.6 Å². The molecule has 110 valence electrons. The van der Waals surface area contributed by atoms with Gasteiger partial charge >= 0.3 is 5.97 Å². The van der Waals surface area contributed by atoms with Crippen molar-refractivity contribution < 1.29 is 19.0 Å². The number of carbonyl (C=O) groups is 1. The van der Waals surface area contributed by atoms with Gasteiger partial charge in [-0.25, -0.2) is 9.18 Å². The topological polar surface area (TPSA) is 58.6 Å². The monoisotopic (exact) mass is 281 g/mol. The normalized spacial score (nSPS) is 22.8. The Hall–Kier alpha value is -1.62. The van der Waals surface area contributed by atoms with Crippen molar-refractivity contribution in [3.63, 3.8) is 0 Å². The van der Waals surface area contributed by atoms with Gasteiger partial charge in [0.2, 0.25) is 0 Å². The second kappa shape index (κ2) is 6.22. The molecule has 0 radical (unpaired) electrons. The van der Waals surface area contributed by atoms with Crippen molar-refractivity contribution in [2.75, 3.05) is 11.9 Å². The Balaban J connectivity index is 2.06. The van der Waals surface area contributed by atoms with Crippen LogP contribution in [0.1, 0.15) is 37.0 Å². The van der Waals surface area contributed by atoms with Gasteiger partial charge < -0.3 is 15.2 Å². The number of halogens is 1. The third-order valence-corrected chi connectivity index (χ3v) is 3.63. The van der Waals surface area contributed by atoms with Gasteiger partial charge in [0.1, 0.15) is 5.82 Å². The highest BCUT2D eigenvalue weighted by molar-refractivity contribution is 5.89. The number of carboxylic acid groups (broad SMARTS) is 1. The summed E-state index contributed by atoms with van der Waals surface area (Å²) in [5.74, 6) is -1.52. The maximum absolute atomic E-state index is 13.3. The maximum atomic E-state index is 13.3. The molecule has 2 N–H and O–H groups in total. The smallest absolute Gasteiger partial charge is 0.338 e. The molecule has 1 aromatic rings. The molecule has 0 amide bonds. The number of hydrogen-bond donors (Lipinski definition) is 2. The molecule has 1 aliphatic heterocycles. The van der Waals surface area contributed by atoms with Gasteiger partial charge in [0.05, 0.1) is 11.7 Å². The summed E-state index contributed by atoms with van der Waals surface area (Å²) in [6.07, 6.45) is 1.95. The highest BCUT2D eigenvalue weighted by Gasteiger charge is 2.25. The largest absolute Gasteiger partial charge is 0.478 e. The molecule has 0 spiro atoms. The number of ether oxygens (including phenoxy) is 1. The molecule has 4 nitrogen and oxygen atoms in total. The van der Waals surface area contributed by atoms with E-state index in [2.05, 4.69) is 19.2 Å². The molecule has 1 heterocycles. The third kappa shape index (κ3) is 3.48. The summed E-state index contributed by atoms with van der Waals surface area (Å²) in [6, 6.07) is 4.33. The van der Waals surface area contributed by atoms with Gasteiger partial charge in [0.15, 0.2) is 0 Å². The fourth-order valence-electron chi connectivity index (χ4n) is 2.44. The summed E-state index contributed by atoms with van der Waals surface area (Å²) in [5, 5.41) is 12.2. The zero-order valence-corrected chi connectivity index (χ0v) is 11.7. The van der Waals surface area contributed by atoms with Crippen LogP contribution >= 0.6 is 0 Å². The van der Waals surface area contributed by atoms with E-state index < -0.39 is 11.8 Å². The van der Waals surface area contributed by atoms with Crippen LogP contribution in [0.5, 0.6) is 0 Å². The molecular formula is C15H20FNO3. The fraction of sp³-hybridized carbons (Fsp3) is 0.533. The molecule has 1 saturated heterocycles. The van der Waals surface area contributed by atoms with Crippen LogP contribution in [0.15, 0.2) is 18.2 Å². The van der Waals surface area contributed by atoms with Gasteiger partial charge in [-0.2, -0.15) is 0 Å². The van der Waals surface area contributed by atoms with Crippen molar-refractivity contribution in [3.8, 4) is 0 Å². The first kappa shape index (κ1) is 14.8. The lowest BCUT2D eigenvalue weighted by Gasteiger charge is -2.33. The second-order valence-electron chi connectivity index (χ2n) is 5.52. The van der Waals surface area contributed by atoms with Crippen LogP contribution in [0.3, 0.4) is 0 Å². The first-order valence-electron chi connectivity index (χ1n) is 6.88. The van der Waals surface area contributed by atoms with Crippen LogP contribution in [-0.4, -0.2) is 29.8 Å². The Bertz CT molecular complexity index is 490. The quantitative estimate of drug-likeness (QED) is 0.890. The molecule has 0 aromatic heterocycles. The van der Waals surface area contributed by atoms with Gasteiger partial charge in [-0.3, -0.25) is 0 Å². The lowest BCUT2D eigenvalue weighted by molar-refractivity contribution is -0.0160. The number of aromatic carboxylic acids is 1. The first-order valence-corrected chi connectivity index (χ1v) is 6.88. The summed E-state index contributed by atoms with van der Waals surface area (Å²) in [4.78, 5) is 10.9. The van der Waals surface area contributed by atoms with Crippen LogP contribution < -0.4 is 5.32 Å². The van der Waals surface area contributed by atoms with Gasteiger partial charge in [-0.05, 0) is 37.0 Å². The predicted octanol–water partition coefficient (Wildman–Crippen LogP) is 3.14. The summed E-state index contributed by atoms with van der Waals surface area (Å²) >= 11 is 0. The zero-order chi connectivity index (χ0) is 14.7. The average molecular weight is 281 g/mol. The molecule has 5 heteroatoms. The first-order chi connectivity index (χ1) is 9.47. The van der Waals surface area contributed by atoms with Crippen LogP contribution in [0.4, 0.5) is 10.1 Å². The van der Waals surface area contributed by atoms with Crippen molar-refractivity contribution in [2.24, 2.45) is 5.92 Å². The number of carboxylic acids is 1. The highest BCUT2D eigenvalue weighted by atomic mass is 19.1. The van der Waals surface area contributed by atoms with E-state index in [0.29, 0.717) is 18.2 Å². The van der Waals surface area contributed by atoms with Gasteiger partial charge in [0.25, 0.3) is 0 Å². The van der Waals surface area contributed by atoms with E-state index in [0.717, 1.165) is 12.8 Å². The Morgan fingerprint density at radius 1 is 1.50 bits per heavy atom. The minimum atomic E-state index is -1.25. The fourth-order valence-corrected chi connectivity index (χ4v) is 2.44. The molecule has 0 bridgehead atoms. The maximum Gasteiger partial charge on any atom is 0.338 e. The SMILES string of the molecule is CC(C)C1CC(Nc2ccc(F)c(C(=O)O)c2)CCO1. The molecule has 0 saturated carbocycles. The number of nitrogens with one attached hydrogen (secondary N) is 1. The van der Waals surface area contributed by atoms with Crippen molar-refractivity contribution >= 4 is 11.7 Å². The van der Waals surface area contributed by atoms with E-state index >= 15 is 0 Å². The van der Waals surface area contributed by atoms with Gasteiger partial charge in [-0.15, -0.1) is 0 Å². The second-order valence-corrected chi connectivity index (χ2v) is 5.52. The molecule has 2 rings (SSSR count). The lowest BCUT2D eigenvalue weighted by Crippen LogP contribution is -2.36. The molecule has 1 fully saturated rings. The predicted molar refractivity (Wildman–Crippen MR) is 74.6 cm³/mol. The van der Waals surface area contributed by atoms with E-state index in [4.69, 9.17) is 9.84 Å². The molecule has 1 aliphatic rings. The Labute approximate surface area is 117 Å². The zero-order valence-electron chi connectivity index (χ0n) is 11.7. The van der Waals surface area contributed by atoms with E-state index in [1.165, 1.54) is 12.1 Å². The van der Waals surface area contributed by atoms with E-state index in [1.807, 2.05) is 0 Å². The molecule has 0 aliphatic carbocycles. The van der Waals surface area contributed by atoms with E-state index in [1.54, 1.807) is 6.07 Å². The molecule has 20 heavy (non-hydrogen) atoms. The van der Waals surface area contributed by atoms with Crippen LogP contribution in [0, 0.1) is 11.7 Å². The van der Waals surface area contributed by atoms with Crippen molar-refractivity contribution in [1.82, 2.24) is 0 Å². The average Bonchev–Trinajstić information content (AvgIpc) is 2.41. The minimum Gasteiger partial charge on any atom is -0.478 e. The number of anilines is 1. The molecular weight excluding hydrogens is 261 g/mol. The molecule has 2 unspecified atom stereocenters. The highest BCUT2D eigenvalue weighted by Crippen LogP contribution is 2.24. The van der Waals surface area contributed by atoms with Crippen LogP contribution in [0.2, 0.25) is 0 Å². The van der Waals surface area contributed by atoms with Crippen molar-refractivity contribution in [2.45, 2.75) is 38.8 Å².